The van der Waals surface area contributed by atoms with E-state index in [0.717, 1.165) is 11.8 Å². The van der Waals surface area contributed by atoms with Gasteiger partial charge in [-0.2, -0.15) is 0 Å². The van der Waals surface area contributed by atoms with Crippen LogP contribution in [-0.4, -0.2) is 38.2 Å². The molecular formula is C15H27ClN2O4S. The van der Waals surface area contributed by atoms with E-state index in [2.05, 4.69) is 10.0 Å². The van der Waals surface area contributed by atoms with E-state index in [-0.39, 0.29) is 42.2 Å². The molecule has 1 unspecified atom stereocenters. The zero-order valence-electron chi connectivity index (χ0n) is 14.2. The molecule has 0 spiro atoms. The van der Waals surface area contributed by atoms with Gasteiger partial charge in [0.2, 0.25) is 10.0 Å². The van der Waals surface area contributed by atoms with E-state index in [1.54, 1.807) is 12.1 Å². The number of aromatic hydroxyl groups is 1. The maximum absolute atomic E-state index is 11.3. The second-order valence-electron chi connectivity index (χ2n) is 5.92. The Labute approximate surface area is 145 Å². The third-order valence-electron chi connectivity index (χ3n) is 2.73. The summed E-state index contributed by atoms with van der Waals surface area (Å²) in [5, 5.41) is 13.1. The van der Waals surface area contributed by atoms with E-state index in [1.807, 2.05) is 27.7 Å². The summed E-state index contributed by atoms with van der Waals surface area (Å²) in [6.07, 6.45) is 1.50. The molecule has 6 nitrogen and oxygen atoms in total. The van der Waals surface area contributed by atoms with Gasteiger partial charge in [0.05, 0.1) is 18.0 Å². The van der Waals surface area contributed by atoms with Crippen LogP contribution in [0.2, 0.25) is 0 Å². The number of ether oxygens (including phenoxy) is 1. The average Bonchev–Trinajstić information content (AvgIpc) is 2.29. The largest absolute Gasteiger partial charge is 0.506 e. The van der Waals surface area contributed by atoms with E-state index >= 15 is 0 Å². The molecule has 1 aromatic rings. The molecule has 0 aliphatic rings. The van der Waals surface area contributed by atoms with Crippen molar-refractivity contribution in [3.8, 4) is 5.75 Å². The highest BCUT2D eigenvalue weighted by atomic mass is 35.5. The number of nitrogens with one attached hydrogen (secondary N) is 2. The number of halogens is 1. The van der Waals surface area contributed by atoms with Gasteiger partial charge in [0.25, 0.3) is 0 Å². The molecule has 23 heavy (non-hydrogen) atoms. The smallest absolute Gasteiger partial charge is 0.229 e. The van der Waals surface area contributed by atoms with Crippen molar-refractivity contribution in [3.63, 3.8) is 0 Å². The lowest BCUT2D eigenvalue weighted by Gasteiger charge is -2.24. The van der Waals surface area contributed by atoms with E-state index in [9.17, 15) is 13.5 Å². The summed E-state index contributed by atoms with van der Waals surface area (Å²) >= 11 is 0. The normalized spacial score (nSPS) is 13.0. The van der Waals surface area contributed by atoms with Gasteiger partial charge in [-0.05, 0) is 45.4 Å². The molecule has 1 aromatic carbocycles. The first-order valence-corrected chi connectivity index (χ1v) is 9.17. The number of phenols is 1. The van der Waals surface area contributed by atoms with Crippen molar-refractivity contribution in [2.45, 2.75) is 52.5 Å². The summed E-state index contributed by atoms with van der Waals surface area (Å²) in [6, 6.07) is 5.11. The molecule has 0 saturated carbocycles. The highest BCUT2D eigenvalue weighted by Crippen LogP contribution is 2.25. The first kappa shape index (κ1) is 22.0. The highest BCUT2D eigenvalue weighted by Gasteiger charge is 2.15. The molecule has 0 bridgehead atoms. The van der Waals surface area contributed by atoms with Crippen molar-refractivity contribution in [2.24, 2.45) is 0 Å². The minimum atomic E-state index is -3.44. The van der Waals surface area contributed by atoms with E-state index < -0.39 is 10.0 Å². The van der Waals surface area contributed by atoms with Crippen molar-refractivity contribution in [1.29, 1.82) is 0 Å². The molecule has 134 valence electrons. The Bertz CT molecular complexity index is 581. The quantitative estimate of drug-likeness (QED) is 0.486. The van der Waals surface area contributed by atoms with E-state index in [0.29, 0.717) is 6.42 Å². The van der Waals surface area contributed by atoms with Crippen molar-refractivity contribution in [1.82, 2.24) is 5.32 Å². The Morgan fingerprint density at radius 1 is 1.22 bits per heavy atom. The fraction of sp³-hybridized carbons (Fsp3) is 0.600. The third-order valence-corrected chi connectivity index (χ3v) is 3.32. The van der Waals surface area contributed by atoms with E-state index in [4.69, 9.17) is 4.74 Å². The molecule has 0 saturated heterocycles. The molecular weight excluding hydrogens is 340 g/mol. The zero-order valence-corrected chi connectivity index (χ0v) is 15.8. The number of sulfonamides is 1. The highest BCUT2D eigenvalue weighted by molar-refractivity contribution is 7.92. The molecule has 0 radical (unpaired) electrons. The van der Waals surface area contributed by atoms with Crippen LogP contribution in [0.15, 0.2) is 18.2 Å². The molecule has 0 aliphatic carbocycles. The van der Waals surface area contributed by atoms with Crippen LogP contribution in [0.25, 0.3) is 0 Å². The number of benzene rings is 1. The van der Waals surface area contributed by atoms with Crippen LogP contribution in [0.4, 0.5) is 5.69 Å². The number of hydrogen-bond donors (Lipinski definition) is 3. The van der Waals surface area contributed by atoms with Crippen molar-refractivity contribution < 1.29 is 18.3 Å². The van der Waals surface area contributed by atoms with Crippen LogP contribution in [0, 0.1) is 0 Å². The fourth-order valence-electron chi connectivity index (χ4n) is 2.05. The Kier molecular flexibility index (Phi) is 8.90. The molecule has 8 heteroatoms. The van der Waals surface area contributed by atoms with Crippen LogP contribution in [0.3, 0.4) is 0 Å². The van der Waals surface area contributed by atoms with Gasteiger partial charge in [0.1, 0.15) is 12.0 Å². The van der Waals surface area contributed by atoms with Crippen LogP contribution < -0.4 is 10.0 Å². The summed E-state index contributed by atoms with van der Waals surface area (Å²) < 4.78 is 30.8. The molecule has 0 amide bonds. The maximum atomic E-state index is 11.3. The fourth-order valence-corrected chi connectivity index (χ4v) is 2.62. The first-order valence-electron chi connectivity index (χ1n) is 7.28. The molecule has 0 aromatic heterocycles. The van der Waals surface area contributed by atoms with E-state index in [1.165, 1.54) is 6.07 Å². The monoisotopic (exact) mass is 366 g/mol. The Morgan fingerprint density at radius 2 is 1.83 bits per heavy atom. The van der Waals surface area contributed by atoms with Gasteiger partial charge in [-0.1, -0.05) is 6.07 Å². The first-order chi connectivity index (χ1) is 10.1. The molecule has 0 heterocycles. The summed E-state index contributed by atoms with van der Waals surface area (Å²) in [4.78, 5) is 0. The number of rotatable bonds is 8. The lowest BCUT2D eigenvalue weighted by molar-refractivity contribution is -0.0158. The Balaban J connectivity index is 0.00000484. The lowest BCUT2D eigenvalue weighted by Crippen LogP contribution is -2.40. The van der Waals surface area contributed by atoms with Crippen molar-refractivity contribution in [2.75, 3.05) is 11.0 Å². The van der Waals surface area contributed by atoms with Gasteiger partial charge >= 0.3 is 0 Å². The Morgan fingerprint density at radius 3 is 2.30 bits per heavy atom. The second-order valence-corrected chi connectivity index (χ2v) is 7.67. The minimum Gasteiger partial charge on any atom is -0.506 e. The van der Waals surface area contributed by atoms with Gasteiger partial charge in [0, 0.05) is 12.5 Å². The topological polar surface area (TPSA) is 87.7 Å². The summed E-state index contributed by atoms with van der Waals surface area (Å²) in [6.45, 7) is 7.99. The molecule has 3 N–H and O–H groups in total. The summed E-state index contributed by atoms with van der Waals surface area (Å²) in [7, 11) is -3.44. The summed E-state index contributed by atoms with van der Waals surface area (Å²) in [5.41, 5.74) is 1.04. The van der Waals surface area contributed by atoms with Gasteiger partial charge in [0.15, 0.2) is 0 Å². The predicted molar refractivity (Wildman–Crippen MR) is 95.8 cm³/mol. The summed E-state index contributed by atoms with van der Waals surface area (Å²) in [5.74, 6) is -0.104. The third kappa shape index (κ3) is 9.00. The van der Waals surface area contributed by atoms with Crippen LogP contribution in [0.1, 0.15) is 33.3 Å². The van der Waals surface area contributed by atoms with Gasteiger partial charge in [-0.3, -0.25) is 10.0 Å². The van der Waals surface area contributed by atoms with Crippen molar-refractivity contribution >= 4 is 28.1 Å². The molecule has 0 aliphatic heterocycles. The molecule has 0 fully saturated rings. The average molecular weight is 367 g/mol. The zero-order chi connectivity index (χ0) is 16.9. The van der Waals surface area contributed by atoms with Gasteiger partial charge < -0.3 is 9.84 Å². The minimum absolute atomic E-state index is 0. The van der Waals surface area contributed by atoms with Crippen molar-refractivity contribution in [3.05, 3.63) is 23.8 Å². The number of anilines is 1. The lowest BCUT2D eigenvalue weighted by atomic mass is 10.1. The maximum Gasteiger partial charge on any atom is 0.229 e. The Hall–Kier alpha value is -1.02. The molecule has 1 rings (SSSR count). The van der Waals surface area contributed by atoms with Gasteiger partial charge in [-0.25, -0.2) is 8.42 Å². The second kappa shape index (κ2) is 9.32. The standard InChI is InChI=1S/C15H26N2O4S.ClH/c1-10(2)16-15(21-11(3)4)9-12-6-7-14(18)13(8-12)17-22(5,19)20;/h6-8,10-11,15-18H,9H2,1-5H3;1H. The van der Waals surface area contributed by atoms with Gasteiger partial charge in [-0.15, -0.1) is 12.4 Å². The van der Waals surface area contributed by atoms with Crippen LogP contribution >= 0.6 is 12.4 Å². The van der Waals surface area contributed by atoms with Crippen LogP contribution in [-0.2, 0) is 21.2 Å². The molecule has 1 atom stereocenters. The number of phenolic OH excluding ortho intramolecular Hbond substituents is 1. The predicted octanol–water partition coefficient (Wildman–Crippen LogP) is 2.48. The van der Waals surface area contributed by atoms with Crippen LogP contribution in [0.5, 0.6) is 5.75 Å². The SMILES string of the molecule is CC(C)NC(Cc1ccc(O)c(NS(C)(=O)=O)c1)OC(C)C.Cl. The number of hydrogen-bond acceptors (Lipinski definition) is 5.